The van der Waals surface area contributed by atoms with E-state index in [4.69, 9.17) is 0 Å². The Balaban J connectivity index is 1.20. The summed E-state index contributed by atoms with van der Waals surface area (Å²) in [5, 5.41) is 19.3. The molecule has 0 bridgehead atoms. The van der Waals surface area contributed by atoms with Gasteiger partial charge < -0.3 is 5.11 Å². The fourth-order valence-corrected chi connectivity index (χ4v) is 6.07. The van der Waals surface area contributed by atoms with Crippen molar-refractivity contribution in [3.05, 3.63) is 82.7 Å². The average molecular weight is 467 g/mol. The Bertz CT molecular complexity index is 1230. The van der Waals surface area contributed by atoms with Gasteiger partial charge in [0, 0.05) is 19.2 Å². The number of hydrogen-bond acceptors (Lipinski definition) is 6. The molecule has 0 saturated carbocycles. The molecule has 7 nitrogen and oxygen atoms in total. The van der Waals surface area contributed by atoms with Crippen molar-refractivity contribution in [2.45, 2.75) is 49.6 Å². The normalized spacial score (nSPS) is 21.9. The number of aliphatic hydroxyl groups excluding tert-OH is 1. The molecule has 0 amide bonds. The maximum absolute atomic E-state index is 11.6. The van der Waals surface area contributed by atoms with Gasteiger partial charge in [0.25, 0.3) is 0 Å². The smallest absolute Gasteiger partial charge is 0.151 e. The van der Waals surface area contributed by atoms with Crippen LogP contribution in [0.1, 0.15) is 52.7 Å². The summed E-state index contributed by atoms with van der Waals surface area (Å²) in [6, 6.07) is 16.0. The van der Waals surface area contributed by atoms with E-state index < -0.39 is 15.9 Å². The van der Waals surface area contributed by atoms with Crippen LogP contribution in [-0.4, -0.2) is 58.9 Å². The minimum atomic E-state index is -3.03. The van der Waals surface area contributed by atoms with Crippen LogP contribution >= 0.6 is 0 Å². The van der Waals surface area contributed by atoms with Crippen molar-refractivity contribution in [2.75, 3.05) is 19.3 Å². The van der Waals surface area contributed by atoms with Gasteiger partial charge in [0.1, 0.15) is 6.04 Å². The number of hydrogen-bond donors (Lipinski definition) is 1. The van der Waals surface area contributed by atoms with Gasteiger partial charge in [-0.05, 0) is 54.1 Å². The highest BCUT2D eigenvalue weighted by Gasteiger charge is 2.33. The van der Waals surface area contributed by atoms with Gasteiger partial charge in [0.2, 0.25) is 0 Å². The Hall–Kier alpha value is -2.55. The Morgan fingerprint density at radius 1 is 1.09 bits per heavy atom. The first kappa shape index (κ1) is 22.3. The molecule has 0 radical (unpaired) electrons. The van der Waals surface area contributed by atoms with Gasteiger partial charge in [-0.2, -0.15) is 0 Å². The van der Waals surface area contributed by atoms with Crippen molar-refractivity contribution in [1.82, 2.24) is 19.9 Å². The number of aliphatic hydroxyl groups is 1. The summed E-state index contributed by atoms with van der Waals surface area (Å²) >= 11 is 0. The summed E-state index contributed by atoms with van der Waals surface area (Å²) in [7, 11) is -3.03. The summed E-state index contributed by atoms with van der Waals surface area (Å²) in [4.78, 5) is 2.39. The number of aromatic nitrogens is 3. The Morgan fingerprint density at radius 2 is 1.88 bits per heavy atom. The number of fused-ring (bicyclic) bond motifs is 1. The summed E-state index contributed by atoms with van der Waals surface area (Å²) in [5.41, 5.74) is 5.32. The second-order valence-electron chi connectivity index (χ2n) is 9.47. The van der Waals surface area contributed by atoms with Gasteiger partial charge in [-0.15, -0.1) is 5.10 Å². The molecule has 0 spiro atoms. The van der Waals surface area contributed by atoms with Crippen molar-refractivity contribution in [1.29, 1.82) is 0 Å². The van der Waals surface area contributed by atoms with E-state index in [2.05, 4.69) is 39.5 Å². The van der Waals surface area contributed by atoms with Crippen molar-refractivity contribution in [2.24, 2.45) is 0 Å². The molecule has 1 aliphatic heterocycles. The average Bonchev–Trinajstić information content (AvgIpc) is 3.36. The van der Waals surface area contributed by atoms with Gasteiger partial charge in [-0.3, -0.25) is 4.90 Å². The van der Waals surface area contributed by atoms with Crippen LogP contribution < -0.4 is 0 Å². The Labute approximate surface area is 195 Å². The van der Waals surface area contributed by atoms with E-state index >= 15 is 0 Å². The predicted octanol–water partition coefficient (Wildman–Crippen LogP) is 2.71. The minimum Gasteiger partial charge on any atom is -0.390 e. The summed E-state index contributed by atoms with van der Waals surface area (Å²) in [6.45, 7) is 2.66. The molecule has 2 heterocycles. The number of nitrogens with zero attached hydrogens (tertiary/aromatic N) is 4. The first-order valence-corrected chi connectivity index (χ1v) is 13.6. The van der Waals surface area contributed by atoms with Crippen molar-refractivity contribution < 1.29 is 13.5 Å². The summed E-state index contributed by atoms with van der Waals surface area (Å²) in [6.07, 6.45) is 5.48. The lowest BCUT2D eigenvalue weighted by atomic mass is 9.88. The van der Waals surface area contributed by atoms with Crippen LogP contribution in [-0.2, 0) is 28.6 Å². The number of sulfone groups is 1. The second-order valence-corrected chi connectivity index (χ2v) is 11.6. The van der Waals surface area contributed by atoms with E-state index in [0.717, 1.165) is 49.3 Å². The lowest BCUT2D eigenvalue weighted by Crippen LogP contribution is -2.32. The van der Waals surface area contributed by atoms with Crippen molar-refractivity contribution in [3.8, 4) is 0 Å². The number of rotatable bonds is 6. The third kappa shape index (κ3) is 5.03. The monoisotopic (exact) mass is 466 g/mol. The molecule has 8 heteroatoms. The van der Waals surface area contributed by atoms with Crippen LogP contribution in [0.15, 0.2) is 54.7 Å². The number of piperidine rings is 1. The number of benzene rings is 2. The molecule has 33 heavy (non-hydrogen) atoms. The molecule has 174 valence electrons. The first-order chi connectivity index (χ1) is 15.9. The Morgan fingerprint density at radius 3 is 2.67 bits per heavy atom. The van der Waals surface area contributed by atoms with E-state index in [0.29, 0.717) is 12.3 Å². The maximum atomic E-state index is 11.6. The third-order valence-electron chi connectivity index (χ3n) is 6.83. The zero-order chi connectivity index (χ0) is 23.0. The van der Waals surface area contributed by atoms with Gasteiger partial charge in [-0.1, -0.05) is 53.7 Å². The number of likely N-dealkylation sites (tertiary alicyclic amines) is 1. The third-order valence-corrected chi connectivity index (χ3v) is 7.69. The highest BCUT2D eigenvalue weighted by Crippen LogP contribution is 2.34. The lowest BCUT2D eigenvalue weighted by Gasteiger charge is -2.31. The van der Waals surface area contributed by atoms with Gasteiger partial charge >= 0.3 is 0 Å². The molecule has 2 atom stereocenters. The molecule has 2 aromatic carbocycles. The molecule has 1 fully saturated rings. The lowest BCUT2D eigenvalue weighted by molar-refractivity contribution is 0.137. The predicted molar refractivity (Wildman–Crippen MR) is 127 cm³/mol. The molecule has 3 aromatic rings. The fraction of sp³-hybridized carbons (Fsp3) is 0.440. The zero-order valence-electron chi connectivity index (χ0n) is 18.8. The van der Waals surface area contributed by atoms with Gasteiger partial charge in [0.15, 0.2) is 9.84 Å². The maximum Gasteiger partial charge on any atom is 0.151 e. The van der Waals surface area contributed by atoms with Crippen molar-refractivity contribution >= 4 is 9.84 Å². The molecule has 1 saturated heterocycles. The van der Waals surface area contributed by atoms with E-state index in [1.165, 1.54) is 17.4 Å². The molecule has 5 rings (SSSR count). The quantitative estimate of drug-likeness (QED) is 0.601. The van der Waals surface area contributed by atoms with Crippen LogP contribution in [0.5, 0.6) is 0 Å². The topological polar surface area (TPSA) is 88.3 Å². The molecule has 0 unspecified atom stereocenters. The van der Waals surface area contributed by atoms with Crippen molar-refractivity contribution in [3.63, 3.8) is 0 Å². The first-order valence-electron chi connectivity index (χ1n) is 11.5. The van der Waals surface area contributed by atoms with Crippen LogP contribution in [0, 0.1) is 0 Å². The molecule has 1 N–H and O–H groups in total. The molecule has 2 aliphatic rings. The minimum absolute atomic E-state index is 0.0928. The molecule has 1 aromatic heterocycles. The van der Waals surface area contributed by atoms with E-state index in [9.17, 15) is 13.5 Å². The van der Waals surface area contributed by atoms with E-state index in [1.807, 2.05) is 35.1 Å². The SMILES string of the molecule is CS(=O)(=O)Cc1cccc(C2CCN(Cc3cn([C@H]4c5ccccc5C[C@@H]4O)nn3)CC2)c1. The molecule has 1 aliphatic carbocycles. The zero-order valence-corrected chi connectivity index (χ0v) is 19.7. The summed E-state index contributed by atoms with van der Waals surface area (Å²) in [5.74, 6) is 0.539. The van der Waals surface area contributed by atoms with Crippen LogP contribution in [0.4, 0.5) is 0 Å². The van der Waals surface area contributed by atoms with Gasteiger partial charge in [0.05, 0.1) is 23.7 Å². The standard InChI is InChI=1S/C25H30N4O3S/c1-33(31,32)17-18-5-4-7-20(13-18)19-9-11-28(12-10-19)15-22-16-29(27-26-22)25-23-8-3-2-6-21(23)14-24(25)30/h2-8,13,16,19,24-25,30H,9-12,14-15,17H2,1H3/t24-,25-/m0/s1. The molecular weight excluding hydrogens is 436 g/mol. The highest BCUT2D eigenvalue weighted by atomic mass is 32.2. The largest absolute Gasteiger partial charge is 0.390 e. The van der Waals surface area contributed by atoms with Gasteiger partial charge in [-0.25, -0.2) is 13.1 Å². The summed E-state index contributed by atoms with van der Waals surface area (Å²) < 4.78 is 25.1. The van der Waals surface area contributed by atoms with E-state index in [-0.39, 0.29) is 11.8 Å². The second kappa shape index (κ2) is 9.00. The van der Waals surface area contributed by atoms with E-state index in [1.54, 1.807) is 0 Å². The van der Waals surface area contributed by atoms with Crippen LogP contribution in [0.3, 0.4) is 0 Å². The fourth-order valence-electron chi connectivity index (χ4n) is 5.29. The van der Waals surface area contributed by atoms with Crippen LogP contribution in [0.25, 0.3) is 0 Å². The Kier molecular flexibility index (Phi) is 6.07. The molecular formula is C25H30N4O3S. The van der Waals surface area contributed by atoms with Crippen LogP contribution in [0.2, 0.25) is 0 Å². The highest BCUT2D eigenvalue weighted by molar-refractivity contribution is 7.89.